The van der Waals surface area contributed by atoms with Gasteiger partial charge in [-0.2, -0.15) is 5.26 Å². The highest BCUT2D eigenvalue weighted by Gasteiger charge is 2.09. The highest BCUT2D eigenvalue weighted by atomic mass is 79.9. The lowest BCUT2D eigenvalue weighted by atomic mass is 10.2. The van der Waals surface area contributed by atoms with Crippen LogP contribution in [-0.2, 0) is 9.84 Å². The van der Waals surface area contributed by atoms with Crippen molar-refractivity contribution in [1.82, 2.24) is 0 Å². The molecule has 0 bridgehead atoms. The van der Waals surface area contributed by atoms with Gasteiger partial charge in [-0.25, -0.2) is 8.42 Å². The number of benzene rings is 2. The van der Waals surface area contributed by atoms with Crippen molar-refractivity contribution in [3.05, 3.63) is 52.5 Å². The summed E-state index contributed by atoms with van der Waals surface area (Å²) >= 11 is 3.31. The Morgan fingerprint density at radius 3 is 2.35 bits per heavy atom. The van der Waals surface area contributed by atoms with E-state index in [4.69, 9.17) is 10.00 Å². The second-order valence-electron chi connectivity index (χ2n) is 4.10. The van der Waals surface area contributed by atoms with Crippen LogP contribution in [0.15, 0.2) is 51.8 Å². The van der Waals surface area contributed by atoms with Crippen molar-refractivity contribution < 1.29 is 13.2 Å². The van der Waals surface area contributed by atoms with Gasteiger partial charge in [0.15, 0.2) is 9.84 Å². The van der Waals surface area contributed by atoms with Gasteiger partial charge in [-0.05, 0) is 42.5 Å². The molecule has 20 heavy (non-hydrogen) atoms. The fraction of sp³-hybridized carbons (Fsp3) is 0.0714. The summed E-state index contributed by atoms with van der Waals surface area (Å²) in [5.41, 5.74) is 0.403. The van der Waals surface area contributed by atoms with Gasteiger partial charge in [0.2, 0.25) is 0 Å². The fourth-order valence-electron chi connectivity index (χ4n) is 1.55. The summed E-state index contributed by atoms with van der Waals surface area (Å²) in [6.45, 7) is 0. The van der Waals surface area contributed by atoms with Crippen molar-refractivity contribution in [3.8, 4) is 17.6 Å². The Morgan fingerprint density at radius 2 is 1.80 bits per heavy atom. The minimum atomic E-state index is -3.23. The van der Waals surface area contributed by atoms with Gasteiger partial charge >= 0.3 is 0 Å². The smallest absolute Gasteiger partial charge is 0.175 e. The molecular formula is C14H10BrNO3S. The fourth-order valence-corrected chi connectivity index (χ4v) is 2.53. The van der Waals surface area contributed by atoms with Crippen molar-refractivity contribution in [2.75, 3.05) is 6.26 Å². The Hall–Kier alpha value is -1.84. The van der Waals surface area contributed by atoms with Gasteiger partial charge < -0.3 is 4.74 Å². The van der Waals surface area contributed by atoms with E-state index in [0.717, 1.165) is 10.7 Å². The van der Waals surface area contributed by atoms with E-state index < -0.39 is 9.84 Å². The van der Waals surface area contributed by atoms with Gasteiger partial charge in [0.1, 0.15) is 17.6 Å². The highest BCUT2D eigenvalue weighted by Crippen LogP contribution is 2.28. The van der Waals surface area contributed by atoms with Gasteiger partial charge in [-0.3, -0.25) is 0 Å². The van der Waals surface area contributed by atoms with E-state index in [-0.39, 0.29) is 4.90 Å². The number of sulfone groups is 1. The standard InChI is InChI=1S/C14H10BrNO3S/c1-20(17,18)13-6-4-12(5-7-13)19-14-8-11(15)3-2-10(14)9-16/h2-8H,1H3. The molecule has 0 aromatic heterocycles. The molecule has 0 fully saturated rings. The minimum Gasteiger partial charge on any atom is -0.456 e. The zero-order chi connectivity index (χ0) is 14.8. The molecule has 0 aliphatic carbocycles. The van der Waals surface area contributed by atoms with E-state index in [1.807, 2.05) is 6.07 Å². The Labute approximate surface area is 125 Å². The second kappa shape index (κ2) is 5.65. The van der Waals surface area contributed by atoms with Crippen LogP contribution in [0.25, 0.3) is 0 Å². The molecule has 0 spiro atoms. The first kappa shape index (κ1) is 14.6. The van der Waals surface area contributed by atoms with Crippen molar-refractivity contribution >= 4 is 25.8 Å². The average Bonchev–Trinajstić information content (AvgIpc) is 2.38. The van der Waals surface area contributed by atoms with Gasteiger partial charge in [-0.1, -0.05) is 15.9 Å². The minimum absolute atomic E-state index is 0.222. The van der Waals surface area contributed by atoms with Crippen LogP contribution in [0.4, 0.5) is 0 Å². The van der Waals surface area contributed by atoms with Crippen molar-refractivity contribution in [1.29, 1.82) is 5.26 Å². The molecule has 2 rings (SSSR count). The van der Waals surface area contributed by atoms with Crippen LogP contribution in [-0.4, -0.2) is 14.7 Å². The van der Waals surface area contributed by atoms with Crippen molar-refractivity contribution in [3.63, 3.8) is 0 Å². The Balaban J connectivity index is 2.32. The van der Waals surface area contributed by atoms with Crippen molar-refractivity contribution in [2.24, 2.45) is 0 Å². The first-order valence-electron chi connectivity index (χ1n) is 5.58. The molecular weight excluding hydrogens is 342 g/mol. The number of halogens is 1. The summed E-state index contributed by atoms with van der Waals surface area (Å²) in [7, 11) is -3.23. The largest absolute Gasteiger partial charge is 0.456 e. The van der Waals surface area contributed by atoms with E-state index in [1.165, 1.54) is 12.1 Å². The molecule has 4 nitrogen and oxygen atoms in total. The molecule has 0 unspecified atom stereocenters. The summed E-state index contributed by atoms with van der Waals surface area (Å²) in [5, 5.41) is 9.01. The molecule has 0 N–H and O–H groups in total. The third kappa shape index (κ3) is 3.38. The van der Waals surface area contributed by atoms with Gasteiger partial charge in [-0.15, -0.1) is 0 Å². The lowest BCUT2D eigenvalue weighted by Crippen LogP contribution is -1.96. The molecule has 0 aliphatic rings. The summed E-state index contributed by atoms with van der Waals surface area (Å²) in [6, 6.07) is 13.2. The highest BCUT2D eigenvalue weighted by molar-refractivity contribution is 9.10. The Kier molecular flexibility index (Phi) is 4.12. The van der Waals surface area contributed by atoms with Gasteiger partial charge in [0.05, 0.1) is 10.5 Å². The average molecular weight is 352 g/mol. The summed E-state index contributed by atoms with van der Waals surface area (Å²) in [6.07, 6.45) is 1.14. The lowest BCUT2D eigenvalue weighted by molar-refractivity contribution is 0.480. The molecule has 102 valence electrons. The third-order valence-corrected chi connectivity index (χ3v) is 4.17. The monoisotopic (exact) mass is 351 g/mol. The predicted octanol–water partition coefficient (Wildman–Crippen LogP) is 3.52. The zero-order valence-electron chi connectivity index (χ0n) is 10.5. The molecule has 2 aromatic carbocycles. The number of hydrogen-bond donors (Lipinski definition) is 0. The van der Waals surface area contributed by atoms with E-state index in [1.54, 1.807) is 30.3 Å². The second-order valence-corrected chi connectivity index (χ2v) is 7.03. The quantitative estimate of drug-likeness (QED) is 0.848. The molecule has 0 amide bonds. The summed E-state index contributed by atoms with van der Waals surface area (Å²) in [5.74, 6) is 0.876. The molecule has 2 aromatic rings. The number of rotatable bonds is 3. The summed E-state index contributed by atoms with van der Waals surface area (Å²) < 4.78 is 29.1. The van der Waals surface area contributed by atoms with E-state index >= 15 is 0 Å². The molecule has 0 heterocycles. The van der Waals surface area contributed by atoms with Crippen LogP contribution in [0.1, 0.15) is 5.56 Å². The zero-order valence-corrected chi connectivity index (χ0v) is 12.9. The maximum atomic E-state index is 11.4. The van der Waals surface area contributed by atoms with Crippen LogP contribution in [0.2, 0.25) is 0 Å². The summed E-state index contributed by atoms with van der Waals surface area (Å²) in [4.78, 5) is 0.222. The number of hydrogen-bond acceptors (Lipinski definition) is 4. The molecule has 6 heteroatoms. The lowest BCUT2D eigenvalue weighted by Gasteiger charge is -2.08. The third-order valence-electron chi connectivity index (χ3n) is 2.54. The number of ether oxygens (including phenoxy) is 1. The predicted molar refractivity (Wildman–Crippen MR) is 78.5 cm³/mol. The first-order chi connectivity index (χ1) is 9.40. The molecule has 0 atom stereocenters. The van der Waals surface area contributed by atoms with Crippen molar-refractivity contribution in [2.45, 2.75) is 4.90 Å². The number of nitrogens with zero attached hydrogens (tertiary/aromatic N) is 1. The topological polar surface area (TPSA) is 67.2 Å². The Bertz CT molecular complexity index is 777. The van der Waals surface area contributed by atoms with Gasteiger partial charge in [0, 0.05) is 10.7 Å². The molecule has 0 radical (unpaired) electrons. The molecule has 0 saturated heterocycles. The first-order valence-corrected chi connectivity index (χ1v) is 8.26. The van der Waals surface area contributed by atoms with Crippen LogP contribution in [0.5, 0.6) is 11.5 Å². The Morgan fingerprint density at radius 1 is 1.15 bits per heavy atom. The normalized spacial score (nSPS) is 10.8. The van der Waals surface area contributed by atoms with E-state index in [9.17, 15) is 8.42 Å². The maximum Gasteiger partial charge on any atom is 0.175 e. The maximum absolute atomic E-state index is 11.4. The van der Waals surface area contributed by atoms with Gasteiger partial charge in [0.25, 0.3) is 0 Å². The van der Waals surface area contributed by atoms with Crippen LogP contribution >= 0.6 is 15.9 Å². The van der Waals surface area contributed by atoms with Crippen LogP contribution in [0.3, 0.4) is 0 Å². The SMILES string of the molecule is CS(=O)(=O)c1ccc(Oc2cc(Br)ccc2C#N)cc1. The van der Waals surface area contributed by atoms with Crippen LogP contribution < -0.4 is 4.74 Å². The van der Waals surface area contributed by atoms with Crippen LogP contribution in [0, 0.1) is 11.3 Å². The van der Waals surface area contributed by atoms with E-state index in [2.05, 4.69) is 15.9 Å². The number of nitriles is 1. The molecule has 0 aliphatic heterocycles. The molecule has 0 saturated carbocycles. The van der Waals surface area contributed by atoms with E-state index in [0.29, 0.717) is 17.1 Å².